The van der Waals surface area contributed by atoms with Gasteiger partial charge in [0.05, 0.1) is 13.2 Å². The highest BCUT2D eigenvalue weighted by molar-refractivity contribution is 8.00. The number of ether oxygens (including phenoxy) is 1. The molecule has 0 aliphatic carbocycles. The number of thioether (sulfide) groups is 1. The molecule has 4 rings (SSSR count). The van der Waals surface area contributed by atoms with Gasteiger partial charge in [0.1, 0.15) is 6.04 Å². The molecule has 6 nitrogen and oxygen atoms in total. The van der Waals surface area contributed by atoms with Gasteiger partial charge in [-0.3, -0.25) is 15.0 Å². The zero-order valence-corrected chi connectivity index (χ0v) is 17.5. The normalized spacial score (nSPS) is 15.7. The Hall–Kier alpha value is -2.26. The third-order valence-electron chi connectivity index (χ3n) is 4.62. The molecule has 2 heterocycles. The van der Waals surface area contributed by atoms with Crippen molar-refractivity contribution in [2.24, 2.45) is 0 Å². The molecular weight excluding hydrogens is 404 g/mol. The van der Waals surface area contributed by atoms with E-state index < -0.39 is 0 Å². The minimum absolute atomic E-state index is 0.0890. The van der Waals surface area contributed by atoms with E-state index in [0.29, 0.717) is 18.3 Å². The molecule has 0 spiro atoms. The van der Waals surface area contributed by atoms with Crippen molar-refractivity contribution in [1.29, 1.82) is 0 Å². The van der Waals surface area contributed by atoms with Crippen LogP contribution in [0.5, 0.6) is 0 Å². The second-order valence-electron chi connectivity index (χ2n) is 6.60. The fraction of sp³-hybridized carbons (Fsp3) is 0.286. The summed E-state index contributed by atoms with van der Waals surface area (Å²) >= 11 is 3.03. The molecule has 1 aromatic heterocycles. The molecule has 0 unspecified atom stereocenters. The predicted molar refractivity (Wildman–Crippen MR) is 116 cm³/mol. The lowest BCUT2D eigenvalue weighted by atomic mass is 10.0. The summed E-state index contributed by atoms with van der Waals surface area (Å²) in [6.07, 6.45) is 0. The van der Waals surface area contributed by atoms with Gasteiger partial charge in [0, 0.05) is 18.8 Å². The van der Waals surface area contributed by atoms with Crippen molar-refractivity contribution >= 4 is 34.1 Å². The minimum atomic E-state index is -0.371. The highest BCUT2D eigenvalue weighted by atomic mass is 32.2. The van der Waals surface area contributed by atoms with E-state index in [1.54, 1.807) is 11.8 Å². The first-order valence-electron chi connectivity index (χ1n) is 9.47. The Bertz CT molecular complexity index is 915. The van der Waals surface area contributed by atoms with Gasteiger partial charge in [0.15, 0.2) is 4.34 Å². The Morgan fingerprint density at radius 2 is 1.76 bits per heavy atom. The largest absolute Gasteiger partial charge is 0.379 e. The second-order valence-corrected chi connectivity index (χ2v) is 8.80. The van der Waals surface area contributed by atoms with Gasteiger partial charge in [-0.2, -0.15) is 0 Å². The minimum Gasteiger partial charge on any atom is -0.379 e. The van der Waals surface area contributed by atoms with Crippen molar-refractivity contribution in [3.63, 3.8) is 0 Å². The first-order chi connectivity index (χ1) is 14.3. The van der Waals surface area contributed by atoms with Crippen molar-refractivity contribution in [2.75, 3.05) is 31.6 Å². The summed E-state index contributed by atoms with van der Waals surface area (Å²) in [6.45, 7) is 2.72. The number of hydrogen-bond donors (Lipinski definition) is 1. The van der Waals surface area contributed by atoms with E-state index in [1.807, 2.05) is 48.5 Å². The lowest BCUT2D eigenvalue weighted by molar-refractivity contribution is -0.123. The van der Waals surface area contributed by atoms with Crippen LogP contribution < -0.4 is 5.32 Å². The van der Waals surface area contributed by atoms with Crippen LogP contribution in [0, 0.1) is 0 Å². The maximum absolute atomic E-state index is 13.1. The van der Waals surface area contributed by atoms with Crippen LogP contribution in [0.2, 0.25) is 0 Å². The van der Waals surface area contributed by atoms with Crippen LogP contribution in [-0.2, 0) is 15.3 Å². The van der Waals surface area contributed by atoms with Crippen LogP contribution in [0.15, 0.2) is 65.0 Å². The molecular formula is C21H22N4O2S2. The van der Waals surface area contributed by atoms with E-state index >= 15 is 0 Å². The average Bonchev–Trinajstić information content (AvgIpc) is 3.22. The van der Waals surface area contributed by atoms with E-state index in [-0.39, 0.29) is 11.9 Å². The molecule has 1 saturated heterocycles. The number of nitrogens with zero attached hydrogens (tertiary/aromatic N) is 3. The van der Waals surface area contributed by atoms with E-state index in [2.05, 4.69) is 32.5 Å². The van der Waals surface area contributed by atoms with Crippen LogP contribution in [0.4, 0.5) is 5.13 Å². The number of carbonyl (C=O) groups excluding carboxylic acids is 1. The summed E-state index contributed by atoms with van der Waals surface area (Å²) in [6, 6.07) is 19.7. The number of nitrogens with one attached hydrogen (secondary N) is 1. The molecule has 1 aliphatic rings. The highest BCUT2D eigenvalue weighted by Gasteiger charge is 2.29. The summed E-state index contributed by atoms with van der Waals surface area (Å²) in [4.78, 5) is 15.3. The van der Waals surface area contributed by atoms with Gasteiger partial charge < -0.3 is 4.74 Å². The number of aromatic nitrogens is 2. The molecule has 3 aromatic rings. The Balaban J connectivity index is 1.43. The molecule has 0 radical (unpaired) electrons. The summed E-state index contributed by atoms with van der Waals surface area (Å²) in [5.41, 5.74) is 2.20. The number of amides is 1. The Labute approximate surface area is 178 Å². The van der Waals surface area contributed by atoms with Crippen LogP contribution in [0.1, 0.15) is 17.2 Å². The van der Waals surface area contributed by atoms with Gasteiger partial charge in [0.25, 0.3) is 0 Å². The van der Waals surface area contributed by atoms with Crippen molar-refractivity contribution in [1.82, 2.24) is 15.1 Å². The fourth-order valence-corrected chi connectivity index (χ4v) is 4.92. The zero-order valence-electron chi connectivity index (χ0n) is 15.9. The summed E-state index contributed by atoms with van der Waals surface area (Å²) in [5.74, 6) is 0.734. The zero-order chi connectivity index (χ0) is 19.9. The topological polar surface area (TPSA) is 67.4 Å². The number of benzene rings is 2. The second kappa shape index (κ2) is 9.98. The Morgan fingerprint density at radius 3 is 2.48 bits per heavy atom. The van der Waals surface area contributed by atoms with Gasteiger partial charge in [0.2, 0.25) is 11.0 Å². The van der Waals surface area contributed by atoms with Crippen LogP contribution in [0.3, 0.4) is 0 Å². The van der Waals surface area contributed by atoms with E-state index in [4.69, 9.17) is 4.74 Å². The molecule has 150 valence electrons. The molecule has 8 heteroatoms. The maximum atomic E-state index is 13.1. The summed E-state index contributed by atoms with van der Waals surface area (Å²) in [5, 5.41) is 11.9. The molecule has 0 bridgehead atoms. The van der Waals surface area contributed by atoms with Gasteiger partial charge in [-0.15, -0.1) is 10.2 Å². The van der Waals surface area contributed by atoms with Gasteiger partial charge >= 0.3 is 0 Å². The molecule has 1 fully saturated rings. The third-order valence-corrected chi connectivity index (χ3v) is 6.66. The van der Waals surface area contributed by atoms with Crippen molar-refractivity contribution in [2.45, 2.75) is 16.1 Å². The smallest absolute Gasteiger partial charge is 0.248 e. The maximum Gasteiger partial charge on any atom is 0.248 e. The first-order valence-corrected chi connectivity index (χ1v) is 11.3. The number of hydrogen-bond acceptors (Lipinski definition) is 7. The fourth-order valence-electron chi connectivity index (χ4n) is 3.21. The lowest BCUT2D eigenvalue weighted by Gasteiger charge is -2.33. The number of anilines is 1. The van der Waals surface area contributed by atoms with E-state index in [1.165, 1.54) is 16.9 Å². The lowest BCUT2D eigenvalue weighted by Crippen LogP contribution is -2.43. The molecule has 1 N–H and O–H groups in total. The SMILES string of the molecule is O=C(Nc1nnc(SCc2ccccc2)s1)[C@H](c1ccccc1)N1CCOCC1. The number of rotatable bonds is 7. The standard InChI is InChI=1S/C21H22N4O2S2/c26-19(18(17-9-5-2-6-10-17)25-11-13-27-14-12-25)22-20-23-24-21(29-20)28-15-16-7-3-1-4-8-16/h1-10,18H,11-15H2,(H,22,23,26)/t18-/m0/s1. The van der Waals surface area contributed by atoms with Crippen molar-refractivity contribution in [3.8, 4) is 0 Å². The monoisotopic (exact) mass is 426 g/mol. The molecule has 1 amide bonds. The third kappa shape index (κ3) is 5.42. The van der Waals surface area contributed by atoms with Crippen molar-refractivity contribution in [3.05, 3.63) is 71.8 Å². The van der Waals surface area contributed by atoms with Gasteiger partial charge in [-0.1, -0.05) is 83.8 Å². The molecule has 0 saturated carbocycles. The Kier molecular flexibility index (Phi) is 6.89. The Morgan fingerprint density at radius 1 is 1.07 bits per heavy atom. The van der Waals surface area contributed by atoms with Crippen molar-refractivity contribution < 1.29 is 9.53 Å². The van der Waals surface area contributed by atoms with E-state index in [0.717, 1.165) is 28.7 Å². The first kappa shape index (κ1) is 20.0. The van der Waals surface area contributed by atoms with Crippen LogP contribution >= 0.6 is 23.1 Å². The predicted octanol–water partition coefficient (Wildman–Crippen LogP) is 3.84. The average molecular weight is 427 g/mol. The summed E-state index contributed by atoms with van der Waals surface area (Å²) < 4.78 is 6.29. The van der Waals surface area contributed by atoms with Gasteiger partial charge in [-0.25, -0.2) is 0 Å². The van der Waals surface area contributed by atoms with Gasteiger partial charge in [-0.05, 0) is 11.1 Å². The molecule has 1 atom stereocenters. The number of morpholine rings is 1. The van der Waals surface area contributed by atoms with Crippen LogP contribution in [0.25, 0.3) is 0 Å². The molecule has 2 aromatic carbocycles. The van der Waals surface area contributed by atoms with E-state index in [9.17, 15) is 4.79 Å². The quantitative estimate of drug-likeness (QED) is 0.457. The molecule has 1 aliphatic heterocycles. The summed E-state index contributed by atoms with van der Waals surface area (Å²) in [7, 11) is 0. The highest BCUT2D eigenvalue weighted by Crippen LogP contribution is 2.30. The molecule has 29 heavy (non-hydrogen) atoms. The van der Waals surface area contributed by atoms with Crippen LogP contribution in [-0.4, -0.2) is 47.3 Å². The number of carbonyl (C=O) groups is 1.